The average molecular weight is 417 g/mol. The maximum Gasteiger partial charge on any atom is 0.245 e. The van der Waals surface area contributed by atoms with Gasteiger partial charge in [0.25, 0.3) is 0 Å². The Hall–Kier alpha value is -3.42. The van der Waals surface area contributed by atoms with Gasteiger partial charge in [0.15, 0.2) is 0 Å². The van der Waals surface area contributed by atoms with Crippen LogP contribution < -0.4 is 0 Å². The molecule has 0 fully saturated rings. The van der Waals surface area contributed by atoms with E-state index in [1.807, 2.05) is 54.6 Å². The molecular weight excluding hydrogens is 396 g/mol. The van der Waals surface area contributed by atoms with Crippen molar-refractivity contribution in [2.75, 3.05) is 0 Å². The highest BCUT2D eigenvalue weighted by atomic mass is 32.2. The SMILES string of the molecule is O=S(=O)(c1cccnc1)N(Cc1ccccc1)Cc1ccc(-c2cnccn2)cc1. The molecule has 0 amide bonds. The summed E-state index contributed by atoms with van der Waals surface area (Å²) in [5, 5.41) is 0. The van der Waals surface area contributed by atoms with Crippen molar-refractivity contribution in [1.29, 1.82) is 0 Å². The third-order valence-corrected chi connectivity index (χ3v) is 6.42. The van der Waals surface area contributed by atoms with E-state index in [-0.39, 0.29) is 18.0 Å². The number of rotatable bonds is 7. The number of hydrogen-bond donors (Lipinski definition) is 0. The van der Waals surface area contributed by atoms with E-state index in [2.05, 4.69) is 15.0 Å². The molecule has 2 aromatic carbocycles. The van der Waals surface area contributed by atoms with E-state index in [9.17, 15) is 8.42 Å². The van der Waals surface area contributed by atoms with Gasteiger partial charge in [-0.3, -0.25) is 15.0 Å². The first-order valence-electron chi connectivity index (χ1n) is 9.42. The van der Waals surface area contributed by atoms with Crippen molar-refractivity contribution in [2.45, 2.75) is 18.0 Å². The van der Waals surface area contributed by atoms with Crippen molar-refractivity contribution in [2.24, 2.45) is 0 Å². The zero-order chi connectivity index (χ0) is 20.8. The molecule has 0 unspecified atom stereocenters. The molecule has 2 heterocycles. The van der Waals surface area contributed by atoms with Gasteiger partial charge in [0.1, 0.15) is 4.90 Å². The molecule has 0 aliphatic rings. The second kappa shape index (κ2) is 8.94. The van der Waals surface area contributed by atoms with Crippen LogP contribution in [-0.2, 0) is 23.1 Å². The van der Waals surface area contributed by atoms with Crippen LogP contribution in [0.5, 0.6) is 0 Å². The van der Waals surface area contributed by atoms with Crippen LogP contribution in [0.15, 0.2) is 103 Å². The van der Waals surface area contributed by atoms with E-state index in [0.29, 0.717) is 0 Å². The van der Waals surface area contributed by atoms with Crippen LogP contribution in [0.2, 0.25) is 0 Å². The molecule has 150 valence electrons. The standard InChI is InChI=1S/C23H20N4O2S/c28-30(29,22-7-4-12-24-15-22)27(17-19-5-2-1-3-6-19)18-20-8-10-21(11-9-20)23-16-25-13-14-26-23/h1-16H,17-18H2. The van der Waals surface area contributed by atoms with Gasteiger partial charge < -0.3 is 0 Å². The predicted molar refractivity (Wildman–Crippen MR) is 115 cm³/mol. The molecule has 0 saturated heterocycles. The molecule has 0 radical (unpaired) electrons. The highest BCUT2D eigenvalue weighted by Crippen LogP contribution is 2.22. The molecule has 0 spiro atoms. The Bertz CT molecular complexity index is 1180. The van der Waals surface area contributed by atoms with E-state index < -0.39 is 10.0 Å². The minimum Gasteiger partial charge on any atom is -0.263 e. The lowest BCUT2D eigenvalue weighted by Crippen LogP contribution is -2.30. The topological polar surface area (TPSA) is 76.1 Å². The summed E-state index contributed by atoms with van der Waals surface area (Å²) >= 11 is 0. The minimum atomic E-state index is -3.71. The maximum atomic E-state index is 13.3. The lowest BCUT2D eigenvalue weighted by molar-refractivity contribution is 0.401. The first-order chi connectivity index (χ1) is 14.6. The third-order valence-electron chi connectivity index (χ3n) is 4.65. The number of sulfonamides is 1. The third kappa shape index (κ3) is 4.59. The summed E-state index contributed by atoms with van der Waals surface area (Å²) < 4.78 is 28.1. The number of aromatic nitrogens is 3. The highest BCUT2D eigenvalue weighted by Gasteiger charge is 2.25. The minimum absolute atomic E-state index is 0.178. The molecule has 0 bridgehead atoms. The molecule has 4 aromatic rings. The summed E-state index contributed by atoms with van der Waals surface area (Å²) in [6.07, 6.45) is 7.91. The zero-order valence-corrected chi connectivity index (χ0v) is 17.0. The van der Waals surface area contributed by atoms with E-state index in [4.69, 9.17) is 0 Å². The summed E-state index contributed by atoms with van der Waals surface area (Å²) in [7, 11) is -3.71. The van der Waals surface area contributed by atoms with Gasteiger partial charge in [0.05, 0.1) is 11.9 Å². The van der Waals surface area contributed by atoms with E-state index >= 15 is 0 Å². The summed E-state index contributed by atoms with van der Waals surface area (Å²) in [5.41, 5.74) is 3.50. The fourth-order valence-electron chi connectivity index (χ4n) is 3.09. The molecule has 0 atom stereocenters. The van der Waals surface area contributed by atoms with Crippen LogP contribution in [-0.4, -0.2) is 27.7 Å². The summed E-state index contributed by atoms with van der Waals surface area (Å²) in [5.74, 6) is 0. The van der Waals surface area contributed by atoms with E-state index in [0.717, 1.165) is 22.4 Å². The first-order valence-corrected chi connectivity index (χ1v) is 10.9. The Morgan fingerprint density at radius 2 is 1.40 bits per heavy atom. The van der Waals surface area contributed by atoms with Crippen LogP contribution in [0.25, 0.3) is 11.3 Å². The van der Waals surface area contributed by atoms with Crippen molar-refractivity contribution in [3.05, 3.63) is 109 Å². The Balaban J connectivity index is 1.63. The maximum absolute atomic E-state index is 13.3. The van der Waals surface area contributed by atoms with Gasteiger partial charge in [-0.05, 0) is 23.3 Å². The van der Waals surface area contributed by atoms with Crippen molar-refractivity contribution in [3.8, 4) is 11.3 Å². The van der Waals surface area contributed by atoms with Gasteiger partial charge in [-0.1, -0.05) is 54.6 Å². The Morgan fingerprint density at radius 3 is 2.03 bits per heavy atom. The van der Waals surface area contributed by atoms with Gasteiger partial charge in [-0.2, -0.15) is 4.31 Å². The van der Waals surface area contributed by atoms with Crippen LogP contribution in [0.3, 0.4) is 0 Å². The van der Waals surface area contributed by atoms with Crippen LogP contribution >= 0.6 is 0 Å². The van der Waals surface area contributed by atoms with Crippen LogP contribution in [0, 0.1) is 0 Å². The van der Waals surface area contributed by atoms with Crippen molar-refractivity contribution in [3.63, 3.8) is 0 Å². The lowest BCUT2D eigenvalue weighted by atomic mass is 10.1. The number of nitrogens with zero attached hydrogens (tertiary/aromatic N) is 4. The van der Waals surface area contributed by atoms with Crippen LogP contribution in [0.4, 0.5) is 0 Å². The molecule has 2 aromatic heterocycles. The molecular formula is C23H20N4O2S. The second-order valence-electron chi connectivity index (χ2n) is 6.74. The summed E-state index contributed by atoms with van der Waals surface area (Å²) in [6, 6.07) is 20.4. The molecule has 6 nitrogen and oxygen atoms in total. The van der Waals surface area contributed by atoms with Gasteiger partial charge in [-0.25, -0.2) is 8.42 Å². The fourth-order valence-corrected chi connectivity index (χ4v) is 4.48. The molecule has 0 aliphatic heterocycles. The smallest absolute Gasteiger partial charge is 0.245 e. The Labute approximate surface area is 176 Å². The normalized spacial score (nSPS) is 11.5. The summed E-state index contributed by atoms with van der Waals surface area (Å²) in [4.78, 5) is 12.5. The highest BCUT2D eigenvalue weighted by molar-refractivity contribution is 7.89. The summed E-state index contributed by atoms with van der Waals surface area (Å²) in [6.45, 7) is 0.511. The zero-order valence-electron chi connectivity index (χ0n) is 16.2. The van der Waals surface area contributed by atoms with Crippen LogP contribution in [0.1, 0.15) is 11.1 Å². The molecule has 0 aliphatic carbocycles. The molecule has 0 saturated carbocycles. The van der Waals surface area contributed by atoms with Gasteiger partial charge in [0, 0.05) is 43.4 Å². The van der Waals surface area contributed by atoms with Gasteiger partial charge >= 0.3 is 0 Å². The second-order valence-corrected chi connectivity index (χ2v) is 8.67. The van der Waals surface area contributed by atoms with Gasteiger partial charge in [-0.15, -0.1) is 0 Å². The predicted octanol–water partition coefficient (Wildman–Crippen LogP) is 3.93. The quantitative estimate of drug-likeness (QED) is 0.456. The molecule has 4 rings (SSSR count). The van der Waals surface area contributed by atoms with Crippen molar-refractivity contribution >= 4 is 10.0 Å². The van der Waals surface area contributed by atoms with Gasteiger partial charge in [0.2, 0.25) is 10.0 Å². The van der Waals surface area contributed by atoms with Crippen molar-refractivity contribution < 1.29 is 8.42 Å². The van der Waals surface area contributed by atoms with Crippen molar-refractivity contribution in [1.82, 2.24) is 19.3 Å². The van der Waals surface area contributed by atoms with E-state index in [1.165, 1.54) is 10.5 Å². The molecule has 7 heteroatoms. The Kier molecular flexibility index (Phi) is 5.92. The monoisotopic (exact) mass is 416 g/mol. The largest absolute Gasteiger partial charge is 0.263 e. The first kappa shape index (κ1) is 19.9. The lowest BCUT2D eigenvalue weighted by Gasteiger charge is -2.22. The molecule has 30 heavy (non-hydrogen) atoms. The number of pyridine rings is 1. The Morgan fingerprint density at radius 1 is 0.700 bits per heavy atom. The number of benzene rings is 2. The molecule has 0 N–H and O–H groups in total. The fraction of sp³-hybridized carbons (Fsp3) is 0.0870. The number of hydrogen-bond acceptors (Lipinski definition) is 5. The van der Waals surface area contributed by atoms with E-state index in [1.54, 1.807) is 36.9 Å². The average Bonchev–Trinajstić information content (AvgIpc) is 2.81.